The van der Waals surface area contributed by atoms with Gasteiger partial charge in [0.15, 0.2) is 6.29 Å². The molecule has 3 atom stereocenters. The molecule has 5 nitrogen and oxygen atoms in total. The minimum Gasteiger partial charge on any atom is -0.347 e. The summed E-state index contributed by atoms with van der Waals surface area (Å²) in [6, 6.07) is 1.75. The number of hydrogen-bond acceptors (Lipinski definition) is 3. The van der Waals surface area contributed by atoms with Crippen LogP contribution in [0.5, 0.6) is 0 Å². The fraction of sp³-hybridized carbons (Fsp3) is 0.647. The van der Waals surface area contributed by atoms with E-state index in [1.807, 2.05) is 6.92 Å². The lowest BCUT2D eigenvalue weighted by molar-refractivity contribution is 0.0897. The average molecular weight is 384 g/mol. The quantitative estimate of drug-likeness (QED) is 0.795. The van der Waals surface area contributed by atoms with Gasteiger partial charge in [0, 0.05) is 37.2 Å². The van der Waals surface area contributed by atoms with Gasteiger partial charge in [-0.3, -0.25) is 9.59 Å². The van der Waals surface area contributed by atoms with Gasteiger partial charge in [-0.2, -0.15) is 0 Å². The molecule has 0 saturated carbocycles. The molecule has 1 amide bonds. The Balaban J connectivity index is 1.96. The highest BCUT2D eigenvalue weighted by molar-refractivity contribution is 9.10. The molecule has 1 aromatic rings. The maximum absolute atomic E-state index is 12.4. The van der Waals surface area contributed by atoms with E-state index in [0.29, 0.717) is 27.7 Å². The van der Waals surface area contributed by atoms with Crippen molar-refractivity contribution in [2.45, 2.75) is 33.2 Å². The zero-order valence-corrected chi connectivity index (χ0v) is 15.9. The van der Waals surface area contributed by atoms with Crippen LogP contribution in [0.4, 0.5) is 0 Å². The zero-order valence-electron chi connectivity index (χ0n) is 14.3. The highest BCUT2D eigenvalue weighted by atomic mass is 79.9. The third kappa shape index (κ3) is 4.44. The number of nitrogens with zero attached hydrogens (tertiary/aromatic N) is 2. The van der Waals surface area contributed by atoms with Crippen LogP contribution in [-0.2, 0) is 7.05 Å². The minimum atomic E-state index is -0.146. The van der Waals surface area contributed by atoms with Crippen LogP contribution in [0.2, 0.25) is 0 Å². The van der Waals surface area contributed by atoms with E-state index in [0.717, 1.165) is 25.9 Å². The van der Waals surface area contributed by atoms with Crippen molar-refractivity contribution in [2.24, 2.45) is 18.9 Å². The Morgan fingerprint density at radius 1 is 1.43 bits per heavy atom. The topological polar surface area (TPSA) is 54.3 Å². The van der Waals surface area contributed by atoms with Gasteiger partial charge >= 0.3 is 0 Å². The second-order valence-corrected chi connectivity index (χ2v) is 7.83. The minimum absolute atomic E-state index is 0.0633. The number of amides is 1. The molecule has 0 aliphatic carbocycles. The Kier molecular flexibility index (Phi) is 6.03. The van der Waals surface area contributed by atoms with Crippen LogP contribution < -0.4 is 5.32 Å². The predicted octanol–water partition coefficient (Wildman–Crippen LogP) is 2.70. The van der Waals surface area contributed by atoms with Crippen LogP contribution in [-0.4, -0.2) is 47.3 Å². The van der Waals surface area contributed by atoms with Crippen molar-refractivity contribution in [1.29, 1.82) is 0 Å². The average Bonchev–Trinajstić information content (AvgIpc) is 2.72. The number of aldehydes is 1. The molecule has 0 bridgehead atoms. The molecule has 2 heterocycles. The summed E-state index contributed by atoms with van der Waals surface area (Å²) in [6.07, 6.45) is 2.03. The fourth-order valence-corrected chi connectivity index (χ4v) is 4.18. The Morgan fingerprint density at radius 3 is 2.57 bits per heavy atom. The summed E-state index contributed by atoms with van der Waals surface area (Å²) in [5.74, 6) is 1.27. The van der Waals surface area contributed by atoms with Crippen LogP contribution in [0, 0.1) is 11.8 Å². The largest absolute Gasteiger partial charge is 0.347 e. The van der Waals surface area contributed by atoms with Crippen LogP contribution in [0.3, 0.4) is 0 Å². The Bertz CT molecular complexity index is 575. The van der Waals surface area contributed by atoms with Crippen LogP contribution in [0.15, 0.2) is 10.5 Å². The van der Waals surface area contributed by atoms with E-state index in [2.05, 4.69) is 40.0 Å². The Hall–Kier alpha value is -1.14. The summed E-state index contributed by atoms with van der Waals surface area (Å²) >= 11 is 3.32. The molecule has 1 saturated heterocycles. The molecule has 2 rings (SSSR count). The number of piperidine rings is 1. The lowest BCUT2D eigenvalue weighted by atomic mass is 9.92. The van der Waals surface area contributed by atoms with Crippen LogP contribution in [0.1, 0.15) is 48.2 Å². The van der Waals surface area contributed by atoms with E-state index in [9.17, 15) is 9.59 Å². The predicted molar refractivity (Wildman–Crippen MR) is 94.8 cm³/mol. The second kappa shape index (κ2) is 7.62. The summed E-state index contributed by atoms with van der Waals surface area (Å²) in [4.78, 5) is 25.9. The molecular formula is C17H26BrN3O2. The number of nitrogens with one attached hydrogen (secondary N) is 1. The van der Waals surface area contributed by atoms with Crippen molar-refractivity contribution in [2.75, 3.05) is 19.6 Å². The zero-order chi connectivity index (χ0) is 17.1. The maximum Gasteiger partial charge on any atom is 0.268 e. The first-order valence-electron chi connectivity index (χ1n) is 8.15. The molecule has 23 heavy (non-hydrogen) atoms. The second-order valence-electron chi connectivity index (χ2n) is 6.98. The van der Waals surface area contributed by atoms with Gasteiger partial charge in [-0.25, -0.2) is 0 Å². The Labute approximate surface area is 146 Å². The van der Waals surface area contributed by atoms with Gasteiger partial charge in [-0.1, -0.05) is 13.8 Å². The maximum atomic E-state index is 12.4. The molecular weight excluding hydrogens is 358 g/mol. The molecule has 1 aromatic heterocycles. The highest BCUT2D eigenvalue weighted by Crippen LogP contribution is 2.21. The van der Waals surface area contributed by atoms with E-state index in [4.69, 9.17) is 0 Å². The van der Waals surface area contributed by atoms with Crippen molar-refractivity contribution < 1.29 is 9.59 Å². The number of aromatic nitrogens is 1. The van der Waals surface area contributed by atoms with Gasteiger partial charge < -0.3 is 14.8 Å². The monoisotopic (exact) mass is 383 g/mol. The Morgan fingerprint density at radius 2 is 2.04 bits per heavy atom. The van der Waals surface area contributed by atoms with E-state index in [1.54, 1.807) is 17.7 Å². The molecule has 0 spiro atoms. The molecule has 0 aromatic carbocycles. The van der Waals surface area contributed by atoms with Crippen LogP contribution in [0.25, 0.3) is 0 Å². The first kappa shape index (κ1) is 18.2. The lowest BCUT2D eigenvalue weighted by Gasteiger charge is -2.36. The normalized spacial score (nSPS) is 23.5. The molecule has 0 radical (unpaired) electrons. The molecule has 1 fully saturated rings. The smallest absolute Gasteiger partial charge is 0.268 e. The number of carbonyl (C=O) groups excluding carboxylic acids is 2. The molecule has 1 N–H and O–H groups in total. The van der Waals surface area contributed by atoms with Crippen molar-refractivity contribution in [3.05, 3.63) is 21.9 Å². The summed E-state index contributed by atoms with van der Waals surface area (Å²) in [5.41, 5.74) is 0.965. The third-order valence-corrected chi connectivity index (χ3v) is 5.06. The van der Waals surface area contributed by atoms with Crippen molar-refractivity contribution >= 4 is 28.1 Å². The van der Waals surface area contributed by atoms with Crippen molar-refractivity contribution in [1.82, 2.24) is 14.8 Å². The van der Waals surface area contributed by atoms with E-state index < -0.39 is 0 Å². The van der Waals surface area contributed by atoms with Gasteiger partial charge in [-0.05, 0) is 47.2 Å². The van der Waals surface area contributed by atoms with E-state index in [1.165, 1.54) is 6.42 Å². The van der Waals surface area contributed by atoms with Crippen molar-refractivity contribution in [3.8, 4) is 0 Å². The molecule has 6 heteroatoms. The number of hydrogen-bond donors (Lipinski definition) is 1. The van der Waals surface area contributed by atoms with Gasteiger partial charge in [0.1, 0.15) is 5.69 Å². The standard InChI is InChI=1S/C17H26BrN3O2/c1-11-5-12(2)8-21(7-11)9-13(3)19-17(23)15-6-14(18)16(10-22)20(15)4/h6,10-13H,5,7-9H2,1-4H3,(H,19,23)/t11-,12+,13-/m0/s1. The van der Waals surface area contributed by atoms with E-state index >= 15 is 0 Å². The first-order valence-corrected chi connectivity index (χ1v) is 8.94. The van der Waals surface area contributed by atoms with Gasteiger partial charge in [0.05, 0.1) is 5.69 Å². The number of halogens is 1. The number of likely N-dealkylation sites (tertiary alicyclic amines) is 1. The highest BCUT2D eigenvalue weighted by Gasteiger charge is 2.24. The fourth-order valence-electron chi connectivity index (χ4n) is 3.61. The first-order chi connectivity index (χ1) is 10.8. The van der Waals surface area contributed by atoms with Gasteiger partial charge in [0.2, 0.25) is 0 Å². The molecule has 1 aliphatic heterocycles. The molecule has 0 unspecified atom stereocenters. The summed E-state index contributed by atoms with van der Waals surface area (Å²) in [7, 11) is 1.72. The summed E-state index contributed by atoms with van der Waals surface area (Å²) in [6.45, 7) is 9.64. The SMILES string of the molecule is C[C@@H]1C[C@H](C)CN(C[C@H](C)NC(=O)c2cc(Br)c(C=O)n2C)C1. The van der Waals surface area contributed by atoms with Crippen LogP contribution >= 0.6 is 15.9 Å². The summed E-state index contributed by atoms with van der Waals surface area (Å²) < 4.78 is 2.26. The molecule has 128 valence electrons. The van der Waals surface area contributed by atoms with Gasteiger partial charge in [0.25, 0.3) is 5.91 Å². The lowest BCUT2D eigenvalue weighted by Crippen LogP contribution is -2.47. The summed E-state index contributed by atoms with van der Waals surface area (Å²) in [5, 5.41) is 3.04. The third-order valence-electron chi connectivity index (χ3n) is 4.43. The van der Waals surface area contributed by atoms with E-state index in [-0.39, 0.29) is 11.9 Å². The number of carbonyl (C=O) groups is 2. The number of rotatable bonds is 5. The van der Waals surface area contributed by atoms with Gasteiger partial charge in [-0.15, -0.1) is 0 Å². The molecule has 1 aliphatic rings. The van der Waals surface area contributed by atoms with Crippen molar-refractivity contribution in [3.63, 3.8) is 0 Å².